The molecule has 0 unspecified atom stereocenters. The first-order valence-electron chi connectivity index (χ1n) is 8.26. The molecule has 3 heteroatoms. The van der Waals surface area contributed by atoms with Crippen molar-refractivity contribution in [2.24, 2.45) is 11.8 Å². The fraction of sp³-hybridized carbons (Fsp3) is 0.556. The smallest absolute Gasteiger partial charge is 0.0505 e. The number of para-hydroxylation sites is 1. The minimum atomic E-state index is 0.332. The third kappa shape index (κ3) is 2.02. The first kappa shape index (κ1) is 13.4. The highest BCUT2D eigenvalue weighted by Crippen LogP contribution is 2.43. The van der Waals surface area contributed by atoms with Gasteiger partial charge >= 0.3 is 0 Å². The molecule has 2 aliphatic rings. The summed E-state index contributed by atoms with van der Waals surface area (Å²) in [4.78, 5) is 6.31. The molecule has 0 amide bonds. The van der Waals surface area contributed by atoms with Gasteiger partial charge in [0, 0.05) is 36.3 Å². The Morgan fingerprint density at radius 2 is 2.14 bits per heavy atom. The third-order valence-corrected chi connectivity index (χ3v) is 5.69. The van der Waals surface area contributed by atoms with Crippen LogP contribution in [0.5, 0.6) is 0 Å². The fourth-order valence-corrected chi connectivity index (χ4v) is 4.47. The summed E-state index contributed by atoms with van der Waals surface area (Å²) in [6.45, 7) is 4.89. The largest absolute Gasteiger partial charge is 0.396 e. The predicted molar refractivity (Wildman–Crippen MR) is 85.3 cm³/mol. The van der Waals surface area contributed by atoms with E-state index >= 15 is 0 Å². The summed E-state index contributed by atoms with van der Waals surface area (Å²) in [6, 6.07) is 9.13. The summed E-state index contributed by atoms with van der Waals surface area (Å²) in [7, 11) is 0. The van der Waals surface area contributed by atoms with Gasteiger partial charge in [0.25, 0.3) is 0 Å². The van der Waals surface area contributed by atoms with Gasteiger partial charge in [0.1, 0.15) is 0 Å². The Morgan fingerprint density at radius 1 is 1.29 bits per heavy atom. The molecule has 1 aromatic carbocycles. The quantitative estimate of drug-likeness (QED) is 0.889. The zero-order chi connectivity index (χ0) is 14.4. The summed E-state index contributed by atoms with van der Waals surface area (Å²) in [5.74, 6) is 1.10. The van der Waals surface area contributed by atoms with Gasteiger partial charge in [0.15, 0.2) is 0 Å². The number of benzene rings is 1. The molecule has 3 nitrogen and oxygen atoms in total. The van der Waals surface area contributed by atoms with E-state index in [1.165, 1.54) is 28.6 Å². The van der Waals surface area contributed by atoms with Crippen LogP contribution in [0.4, 0.5) is 0 Å². The van der Waals surface area contributed by atoms with Gasteiger partial charge in [-0.15, -0.1) is 0 Å². The summed E-state index contributed by atoms with van der Waals surface area (Å²) >= 11 is 0. The van der Waals surface area contributed by atoms with Crippen LogP contribution >= 0.6 is 0 Å². The van der Waals surface area contributed by atoms with Crippen molar-refractivity contribution >= 4 is 10.9 Å². The van der Waals surface area contributed by atoms with Gasteiger partial charge in [-0.05, 0) is 36.3 Å². The lowest BCUT2D eigenvalue weighted by atomic mass is 9.78. The zero-order valence-electron chi connectivity index (χ0n) is 12.7. The van der Waals surface area contributed by atoms with Gasteiger partial charge in [0.2, 0.25) is 0 Å². The Morgan fingerprint density at radius 3 is 2.95 bits per heavy atom. The molecule has 0 saturated carbocycles. The minimum Gasteiger partial charge on any atom is -0.396 e. The van der Waals surface area contributed by atoms with Gasteiger partial charge in [-0.2, -0.15) is 0 Å². The molecule has 0 bridgehead atoms. The van der Waals surface area contributed by atoms with E-state index in [0.29, 0.717) is 24.5 Å². The average molecular weight is 284 g/mol. The number of nitrogens with zero attached hydrogens (tertiary/aromatic N) is 1. The molecule has 3 atom stereocenters. The normalized spacial score (nSPS) is 29.3. The van der Waals surface area contributed by atoms with E-state index in [-0.39, 0.29) is 0 Å². The Balaban J connectivity index is 1.74. The van der Waals surface area contributed by atoms with Crippen molar-refractivity contribution in [2.75, 3.05) is 19.7 Å². The summed E-state index contributed by atoms with van der Waals surface area (Å²) in [6.07, 6.45) is 3.42. The van der Waals surface area contributed by atoms with Crippen molar-refractivity contribution in [1.82, 2.24) is 9.88 Å². The van der Waals surface area contributed by atoms with E-state index in [4.69, 9.17) is 0 Å². The number of fused-ring (bicyclic) bond motifs is 5. The van der Waals surface area contributed by atoms with Crippen molar-refractivity contribution in [3.63, 3.8) is 0 Å². The van der Waals surface area contributed by atoms with E-state index < -0.39 is 0 Å². The molecular weight excluding hydrogens is 260 g/mol. The highest BCUT2D eigenvalue weighted by molar-refractivity contribution is 5.85. The first-order chi connectivity index (χ1) is 10.3. The van der Waals surface area contributed by atoms with Crippen LogP contribution in [0.25, 0.3) is 10.9 Å². The summed E-state index contributed by atoms with van der Waals surface area (Å²) in [5, 5.41) is 11.1. The van der Waals surface area contributed by atoms with E-state index in [1.807, 2.05) is 0 Å². The van der Waals surface area contributed by atoms with Crippen molar-refractivity contribution < 1.29 is 5.11 Å². The molecule has 2 N–H and O–H groups in total. The van der Waals surface area contributed by atoms with Crippen LogP contribution < -0.4 is 0 Å². The predicted octanol–water partition coefficient (Wildman–Crippen LogP) is 3.11. The summed E-state index contributed by atoms with van der Waals surface area (Å²) in [5.41, 5.74) is 4.19. The second-order valence-corrected chi connectivity index (χ2v) is 6.67. The van der Waals surface area contributed by atoms with Crippen LogP contribution in [0.3, 0.4) is 0 Å². The third-order valence-electron chi connectivity index (χ3n) is 5.69. The minimum absolute atomic E-state index is 0.332. The highest BCUT2D eigenvalue weighted by Gasteiger charge is 2.39. The Hall–Kier alpha value is -1.32. The molecule has 0 spiro atoms. The van der Waals surface area contributed by atoms with E-state index in [0.717, 1.165) is 25.9 Å². The molecule has 1 fully saturated rings. The Kier molecular flexibility index (Phi) is 3.27. The van der Waals surface area contributed by atoms with Crippen LogP contribution in [0.15, 0.2) is 24.3 Å². The van der Waals surface area contributed by atoms with Crippen LogP contribution in [0.2, 0.25) is 0 Å². The van der Waals surface area contributed by atoms with E-state index in [2.05, 4.69) is 41.1 Å². The molecular formula is C18H24N2O. The summed E-state index contributed by atoms with van der Waals surface area (Å²) < 4.78 is 0. The number of hydrogen-bond donors (Lipinski definition) is 2. The monoisotopic (exact) mass is 284 g/mol. The number of hydrogen-bond acceptors (Lipinski definition) is 2. The maximum Gasteiger partial charge on any atom is 0.0505 e. The van der Waals surface area contributed by atoms with Crippen LogP contribution in [-0.2, 0) is 6.42 Å². The van der Waals surface area contributed by atoms with Gasteiger partial charge in [0.05, 0.1) is 6.04 Å². The molecule has 3 heterocycles. The van der Waals surface area contributed by atoms with Gasteiger partial charge < -0.3 is 10.1 Å². The number of nitrogens with one attached hydrogen (secondary N) is 1. The SMILES string of the molecule is CC[C@@H]1CN2CCc3c([nH]c4ccccc34)[C@@H]2C[C@@H]1CO. The van der Waals surface area contributed by atoms with E-state index in [9.17, 15) is 5.11 Å². The molecule has 0 aliphatic carbocycles. The fourth-order valence-electron chi connectivity index (χ4n) is 4.47. The Bertz CT molecular complexity index is 648. The van der Waals surface area contributed by atoms with Gasteiger partial charge in [-0.1, -0.05) is 31.5 Å². The van der Waals surface area contributed by atoms with Crippen LogP contribution in [0.1, 0.15) is 37.1 Å². The molecule has 1 aromatic heterocycles. The molecule has 2 aliphatic heterocycles. The molecule has 2 aromatic rings. The maximum absolute atomic E-state index is 9.74. The molecule has 112 valence electrons. The zero-order valence-corrected chi connectivity index (χ0v) is 12.7. The lowest BCUT2D eigenvalue weighted by Gasteiger charge is -2.45. The number of H-pyrrole nitrogens is 1. The number of piperidine rings is 1. The number of aliphatic hydroxyl groups is 1. The Labute approximate surface area is 126 Å². The van der Waals surface area contributed by atoms with Crippen molar-refractivity contribution in [3.8, 4) is 0 Å². The topological polar surface area (TPSA) is 39.3 Å². The first-order valence-corrected chi connectivity index (χ1v) is 8.26. The molecule has 21 heavy (non-hydrogen) atoms. The number of aliphatic hydroxyl groups excluding tert-OH is 1. The van der Waals surface area contributed by atoms with Gasteiger partial charge in [-0.3, -0.25) is 4.90 Å². The number of aromatic amines is 1. The van der Waals surface area contributed by atoms with Crippen molar-refractivity contribution in [2.45, 2.75) is 32.2 Å². The molecule has 4 rings (SSSR count). The average Bonchev–Trinajstić information content (AvgIpc) is 2.92. The second kappa shape index (κ2) is 5.15. The van der Waals surface area contributed by atoms with Gasteiger partial charge in [-0.25, -0.2) is 0 Å². The lowest BCUT2D eigenvalue weighted by Crippen LogP contribution is -2.46. The highest BCUT2D eigenvalue weighted by atomic mass is 16.3. The standard InChI is InChI=1S/C18H24N2O/c1-2-12-10-20-8-7-15-14-5-3-4-6-16(14)19-18(15)17(20)9-13(12)11-21/h3-6,12-13,17,19,21H,2,7-11H2,1H3/t12-,13-,17+/m1/s1. The lowest BCUT2D eigenvalue weighted by molar-refractivity contribution is 0.0242. The molecule has 0 radical (unpaired) electrons. The number of rotatable bonds is 2. The van der Waals surface area contributed by atoms with Crippen LogP contribution in [0, 0.1) is 11.8 Å². The molecule has 1 saturated heterocycles. The van der Waals surface area contributed by atoms with Crippen molar-refractivity contribution in [1.29, 1.82) is 0 Å². The van der Waals surface area contributed by atoms with Crippen molar-refractivity contribution in [3.05, 3.63) is 35.5 Å². The second-order valence-electron chi connectivity index (χ2n) is 6.67. The number of aromatic nitrogens is 1. The maximum atomic E-state index is 9.74. The van der Waals surface area contributed by atoms with Crippen LogP contribution in [-0.4, -0.2) is 34.7 Å². The van der Waals surface area contributed by atoms with E-state index in [1.54, 1.807) is 0 Å².